The number of aromatic carboxylic acids is 1. The second kappa shape index (κ2) is 8.77. The highest BCUT2D eigenvalue weighted by Crippen LogP contribution is 2.32. The van der Waals surface area contributed by atoms with Crippen molar-refractivity contribution in [2.75, 3.05) is 18.0 Å². The van der Waals surface area contributed by atoms with Gasteiger partial charge in [0.2, 0.25) is 5.95 Å². The number of halogens is 2. The molecule has 174 valence electrons. The van der Waals surface area contributed by atoms with E-state index >= 15 is 0 Å². The molecule has 0 bridgehead atoms. The largest absolute Gasteiger partial charge is 0.478 e. The molecule has 0 unspecified atom stereocenters. The smallest absolute Gasteiger partial charge is 0.335 e. The molecule has 1 saturated heterocycles. The number of fused-ring (bicyclic) bond motifs is 1. The fraction of sp³-hybridized carbons (Fsp3) is 0.292. The summed E-state index contributed by atoms with van der Waals surface area (Å²) in [6, 6.07) is 6.67. The van der Waals surface area contributed by atoms with Crippen LogP contribution in [0.15, 0.2) is 42.7 Å². The molecule has 2 aromatic carbocycles. The van der Waals surface area contributed by atoms with Gasteiger partial charge in [0.1, 0.15) is 17.2 Å². The number of carbonyl (C=O) groups is 1. The molecule has 0 atom stereocenters. The summed E-state index contributed by atoms with van der Waals surface area (Å²) in [5, 5.41) is 17.5. The molecule has 0 radical (unpaired) electrons. The minimum atomic E-state index is -1.39. The molecule has 3 heterocycles. The Hall–Kier alpha value is -3.95. The first-order valence-corrected chi connectivity index (χ1v) is 11.1. The van der Waals surface area contributed by atoms with Crippen LogP contribution in [0.25, 0.3) is 22.2 Å². The van der Waals surface area contributed by atoms with E-state index in [-0.39, 0.29) is 17.2 Å². The van der Waals surface area contributed by atoms with Crippen LogP contribution >= 0.6 is 0 Å². The average molecular weight is 464 g/mol. The lowest BCUT2D eigenvalue weighted by atomic mass is 10.0. The van der Waals surface area contributed by atoms with E-state index in [0.717, 1.165) is 61.5 Å². The summed E-state index contributed by atoms with van der Waals surface area (Å²) in [4.78, 5) is 22.1. The first kappa shape index (κ1) is 21.9. The summed E-state index contributed by atoms with van der Waals surface area (Å²) in [7, 11) is 0. The van der Waals surface area contributed by atoms with Gasteiger partial charge in [-0.25, -0.2) is 28.2 Å². The number of nitrogens with zero attached hydrogens (tertiary/aromatic N) is 6. The van der Waals surface area contributed by atoms with Gasteiger partial charge in [0, 0.05) is 25.5 Å². The molecule has 1 aliphatic heterocycles. The average Bonchev–Trinajstić information content (AvgIpc) is 3.27. The number of anilines is 1. The number of hydrogen-bond acceptors (Lipinski definition) is 6. The van der Waals surface area contributed by atoms with E-state index in [1.165, 1.54) is 0 Å². The van der Waals surface area contributed by atoms with E-state index in [1.807, 2.05) is 17.1 Å². The molecule has 4 aromatic rings. The van der Waals surface area contributed by atoms with Crippen molar-refractivity contribution in [3.05, 3.63) is 65.5 Å². The lowest BCUT2D eigenvalue weighted by molar-refractivity contribution is 0.0695. The van der Waals surface area contributed by atoms with Crippen molar-refractivity contribution in [3.8, 4) is 11.1 Å². The fourth-order valence-corrected chi connectivity index (χ4v) is 4.34. The van der Waals surface area contributed by atoms with Crippen LogP contribution in [0.4, 0.5) is 14.7 Å². The van der Waals surface area contributed by atoms with Gasteiger partial charge in [0.05, 0.1) is 22.7 Å². The van der Waals surface area contributed by atoms with Gasteiger partial charge >= 0.3 is 5.97 Å². The first-order chi connectivity index (χ1) is 16.4. The van der Waals surface area contributed by atoms with Gasteiger partial charge in [0.25, 0.3) is 0 Å². The standard InChI is InChI=1S/C24H22F2N6O2/c1-2-14-12-27-24(28-13-14)31-7-5-17(6-8-31)32-21-4-3-15(11-20(21)29-30-32)22-18(25)9-16(23(33)34)10-19(22)26/h3-4,9-13,17H,2,5-8H2,1H3,(H,33,34). The Kier molecular flexibility index (Phi) is 5.64. The van der Waals surface area contributed by atoms with Gasteiger partial charge in [-0.15, -0.1) is 5.10 Å². The number of benzene rings is 2. The van der Waals surface area contributed by atoms with Gasteiger partial charge < -0.3 is 10.0 Å². The van der Waals surface area contributed by atoms with Crippen LogP contribution in [0.1, 0.15) is 41.7 Å². The van der Waals surface area contributed by atoms with Gasteiger partial charge in [-0.1, -0.05) is 18.2 Å². The summed E-state index contributed by atoms with van der Waals surface area (Å²) < 4.78 is 30.9. The maximum Gasteiger partial charge on any atom is 0.335 e. The zero-order chi connectivity index (χ0) is 23.8. The molecular formula is C24H22F2N6O2. The number of aryl methyl sites for hydroxylation is 1. The van der Waals surface area contributed by atoms with Crippen molar-refractivity contribution in [1.29, 1.82) is 0 Å². The maximum atomic E-state index is 14.5. The molecule has 10 heteroatoms. The summed E-state index contributed by atoms with van der Waals surface area (Å²) in [5.41, 5.74) is 1.93. The maximum absolute atomic E-state index is 14.5. The predicted octanol–water partition coefficient (Wildman–Crippen LogP) is 4.27. The van der Waals surface area contributed by atoms with Gasteiger partial charge in [-0.05, 0) is 54.7 Å². The number of rotatable bonds is 5. The third kappa shape index (κ3) is 3.95. The molecule has 5 rings (SSSR count). The Morgan fingerprint density at radius 2 is 1.76 bits per heavy atom. The summed E-state index contributed by atoms with van der Waals surface area (Å²) in [5.74, 6) is -2.54. The lowest BCUT2D eigenvalue weighted by Crippen LogP contribution is -2.36. The molecule has 0 saturated carbocycles. The lowest BCUT2D eigenvalue weighted by Gasteiger charge is -2.32. The fourth-order valence-electron chi connectivity index (χ4n) is 4.34. The Labute approximate surface area is 193 Å². The monoisotopic (exact) mass is 464 g/mol. The number of hydrogen-bond donors (Lipinski definition) is 1. The summed E-state index contributed by atoms with van der Waals surface area (Å²) >= 11 is 0. The number of carboxylic acids is 1. The highest BCUT2D eigenvalue weighted by Gasteiger charge is 2.25. The van der Waals surface area contributed by atoms with Crippen LogP contribution in [0.3, 0.4) is 0 Å². The Balaban J connectivity index is 1.36. The molecule has 8 nitrogen and oxygen atoms in total. The third-order valence-electron chi connectivity index (χ3n) is 6.24. The van der Waals surface area contributed by atoms with Crippen LogP contribution < -0.4 is 4.90 Å². The molecule has 0 spiro atoms. The van der Waals surface area contributed by atoms with Crippen molar-refractivity contribution in [3.63, 3.8) is 0 Å². The van der Waals surface area contributed by atoms with Gasteiger partial charge in [-0.2, -0.15) is 0 Å². The third-order valence-corrected chi connectivity index (χ3v) is 6.24. The minimum Gasteiger partial charge on any atom is -0.478 e. The second-order valence-electron chi connectivity index (χ2n) is 8.32. The van der Waals surface area contributed by atoms with E-state index in [4.69, 9.17) is 5.11 Å². The van der Waals surface area contributed by atoms with E-state index < -0.39 is 23.2 Å². The Morgan fingerprint density at radius 1 is 1.09 bits per heavy atom. The van der Waals surface area contributed by atoms with Crippen LogP contribution in [-0.4, -0.2) is 49.1 Å². The molecule has 0 amide bonds. The van der Waals surface area contributed by atoms with E-state index in [2.05, 4.69) is 32.1 Å². The molecule has 34 heavy (non-hydrogen) atoms. The Morgan fingerprint density at radius 3 is 2.38 bits per heavy atom. The van der Waals surface area contributed by atoms with Crippen molar-refractivity contribution in [2.24, 2.45) is 0 Å². The van der Waals surface area contributed by atoms with Crippen molar-refractivity contribution >= 4 is 23.0 Å². The molecule has 1 aliphatic rings. The zero-order valence-electron chi connectivity index (χ0n) is 18.4. The molecule has 1 fully saturated rings. The Bertz CT molecular complexity index is 1340. The number of piperidine rings is 1. The zero-order valence-corrected chi connectivity index (χ0v) is 18.4. The van der Waals surface area contributed by atoms with Crippen LogP contribution in [0.5, 0.6) is 0 Å². The number of aromatic nitrogens is 5. The summed E-state index contributed by atoms with van der Waals surface area (Å²) in [6.45, 7) is 3.63. The van der Waals surface area contributed by atoms with E-state index in [1.54, 1.807) is 18.2 Å². The molecular weight excluding hydrogens is 442 g/mol. The van der Waals surface area contributed by atoms with Crippen molar-refractivity contribution < 1.29 is 18.7 Å². The van der Waals surface area contributed by atoms with Gasteiger partial charge in [-0.3, -0.25) is 0 Å². The molecule has 1 N–H and O–H groups in total. The minimum absolute atomic E-state index is 0.130. The van der Waals surface area contributed by atoms with Crippen LogP contribution in [0, 0.1) is 11.6 Å². The van der Waals surface area contributed by atoms with E-state index in [0.29, 0.717) is 5.52 Å². The topological polar surface area (TPSA) is 97.0 Å². The normalized spacial score (nSPS) is 14.6. The van der Waals surface area contributed by atoms with Crippen molar-refractivity contribution in [2.45, 2.75) is 32.2 Å². The van der Waals surface area contributed by atoms with Crippen LogP contribution in [-0.2, 0) is 6.42 Å². The second-order valence-corrected chi connectivity index (χ2v) is 8.32. The molecule has 0 aliphatic carbocycles. The number of carboxylic acid groups (broad SMARTS) is 1. The van der Waals surface area contributed by atoms with Crippen LogP contribution in [0.2, 0.25) is 0 Å². The molecule has 2 aromatic heterocycles. The highest BCUT2D eigenvalue weighted by atomic mass is 19.1. The first-order valence-electron chi connectivity index (χ1n) is 11.1. The van der Waals surface area contributed by atoms with Gasteiger partial charge in [0.15, 0.2) is 0 Å². The SMILES string of the molecule is CCc1cnc(N2CCC(n3nnc4cc(-c5c(F)cc(C(=O)O)cc5F)ccc43)CC2)nc1. The quantitative estimate of drug-likeness (QED) is 0.471. The van der Waals surface area contributed by atoms with E-state index in [9.17, 15) is 13.6 Å². The highest BCUT2D eigenvalue weighted by molar-refractivity contribution is 5.89. The van der Waals surface area contributed by atoms with Crippen molar-refractivity contribution in [1.82, 2.24) is 25.0 Å². The summed E-state index contributed by atoms with van der Waals surface area (Å²) in [6.07, 6.45) is 6.28. The predicted molar refractivity (Wildman–Crippen MR) is 122 cm³/mol.